The Kier molecular flexibility index (Phi) is 3.91. The first-order chi connectivity index (χ1) is 8.13. The maximum Gasteiger partial charge on any atom is 0.279 e. The normalized spacial score (nSPS) is 11.4. The second kappa shape index (κ2) is 4.89. The van der Waals surface area contributed by atoms with Gasteiger partial charge in [0.25, 0.3) is 11.5 Å². The van der Waals surface area contributed by atoms with E-state index in [1.165, 1.54) is 7.05 Å². The molecule has 18 heavy (non-hydrogen) atoms. The number of nitrogens with one attached hydrogen (secondary N) is 1. The van der Waals surface area contributed by atoms with Crippen LogP contribution in [-0.2, 0) is 7.05 Å². The summed E-state index contributed by atoms with van der Waals surface area (Å²) in [6, 6.07) is 0. The predicted molar refractivity (Wildman–Crippen MR) is 67.6 cm³/mol. The molecular formula is C12H19N3O3. The standard InChI is InChI=1S/C12H19N3O3/c1-7-8(2)14-15(5)11(17)9(7)10(16)13-6-12(3,4)18/h18H,6H2,1-5H3,(H,13,16). The van der Waals surface area contributed by atoms with E-state index in [-0.39, 0.29) is 12.1 Å². The summed E-state index contributed by atoms with van der Waals surface area (Å²) in [7, 11) is 1.50. The topological polar surface area (TPSA) is 84.2 Å². The molecule has 0 bridgehead atoms. The zero-order valence-corrected chi connectivity index (χ0v) is 11.4. The van der Waals surface area contributed by atoms with Crippen LogP contribution >= 0.6 is 0 Å². The highest BCUT2D eigenvalue weighted by atomic mass is 16.3. The Morgan fingerprint density at radius 2 is 2.00 bits per heavy atom. The van der Waals surface area contributed by atoms with Crippen molar-refractivity contribution in [1.82, 2.24) is 15.1 Å². The Bertz CT molecular complexity index is 527. The molecule has 0 fully saturated rings. The lowest BCUT2D eigenvalue weighted by molar-refractivity contribution is 0.0692. The lowest BCUT2D eigenvalue weighted by Crippen LogP contribution is -2.41. The van der Waals surface area contributed by atoms with Crippen molar-refractivity contribution in [1.29, 1.82) is 0 Å². The van der Waals surface area contributed by atoms with Gasteiger partial charge in [-0.3, -0.25) is 9.59 Å². The molecule has 1 amide bonds. The number of carbonyl (C=O) groups is 1. The van der Waals surface area contributed by atoms with Crippen molar-refractivity contribution in [2.24, 2.45) is 7.05 Å². The van der Waals surface area contributed by atoms with Crippen LogP contribution in [0.5, 0.6) is 0 Å². The molecule has 0 saturated carbocycles. The molecule has 0 saturated heterocycles. The fourth-order valence-corrected chi connectivity index (χ4v) is 1.50. The monoisotopic (exact) mass is 253 g/mol. The van der Waals surface area contributed by atoms with Crippen LogP contribution in [0.2, 0.25) is 0 Å². The third-order valence-electron chi connectivity index (χ3n) is 2.63. The molecule has 6 nitrogen and oxygen atoms in total. The molecule has 0 aliphatic rings. The molecule has 0 aliphatic carbocycles. The molecule has 6 heteroatoms. The lowest BCUT2D eigenvalue weighted by atomic mass is 10.1. The second-order valence-electron chi connectivity index (χ2n) is 5.01. The minimum Gasteiger partial charge on any atom is -0.389 e. The van der Waals surface area contributed by atoms with Crippen molar-refractivity contribution >= 4 is 5.91 Å². The van der Waals surface area contributed by atoms with Crippen LogP contribution in [0.3, 0.4) is 0 Å². The summed E-state index contributed by atoms with van der Waals surface area (Å²) in [5.41, 5.74) is -0.186. The van der Waals surface area contributed by atoms with Crippen LogP contribution in [0.25, 0.3) is 0 Å². The number of aliphatic hydroxyl groups is 1. The first-order valence-electron chi connectivity index (χ1n) is 5.68. The molecule has 0 aromatic carbocycles. The van der Waals surface area contributed by atoms with E-state index in [1.54, 1.807) is 27.7 Å². The maximum atomic E-state index is 12.0. The van der Waals surface area contributed by atoms with Crippen molar-refractivity contribution in [2.75, 3.05) is 6.54 Å². The average Bonchev–Trinajstić information content (AvgIpc) is 2.23. The summed E-state index contributed by atoms with van der Waals surface area (Å²) in [4.78, 5) is 23.9. The van der Waals surface area contributed by atoms with Gasteiger partial charge in [-0.2, -0.15) is 5.10 Å². The molecule has 1 aromatic heterocycles. The summed E-state index contributed by atoms with van der Waals surface area (Å²) >= 11 is 0. The van der Waals surface area contributed by atoms with E-state index < -0.39 is 17.1 Å². The van der Waals surface area contributed by atoms with E-state index in [0.717, 1.165) is 4.68 Å². The first-order valence-corrected chi connectivity index (χ1v) is 5.68. The molecular weight excluding hydrogens is 234 g/mol. The van der Waals surface area contributed by atoms with E-state index >= 15 is 0 Å². The predicted octanol–water partition coefficient (Wildman–Crippen LogP) is -0.102. The third kappa shape index (κ3) is 3.16. The fourth-order valence-electron chi connectivity index (χ4n) is 1.50. The Morgan fingerprint density at radius 3 is 2.50 bits per heavy atom. The molecule has 2 N–H and O–H groups in total. The number of aromatic nitrogens is 2. The first kappa shape index (κ1) is 14.4. The van der Waals surface area contributed by atoms with E-state index in [0.29, 0.717) is 11.3 Å². The Morgan fingerprint density at radius 1 is 1.44 bits per heavy atom. The summed E-state index contributed by atoms with van der Waals surface area (Å²) in [6.07, 6.45) is 0. The van der Waals surface area contributed by atoms with E-state index in [2.05, 4.69) is 10.4 Å². The van der Waals surface area contributed by atoms with Gasteiger partial charge in [-0.1, -0.05) is 0 Å². The second-order valence-corrected chi connectivity index (χ2v) is 5.01. The summed E-state index contributed by atoms with van der Waals surface area (Å²) in [6.45, 7) is 6.66. The summed E-state index contributed by atoms with van der Waals surface area (Å²) in [5.74, 6) is -0.485. The van der Waals surface area contributed by atoms with Crippen molar-refractivity contribution in [3.63, 3.8) is 0 Å². The van der Waals surface area contributed by atoms with Gasteiger partial charge in [0.05, 0.1) is 11.3 Å². The van der Waals surface area contributed by atoms with E-state index in [1.807, 2.05) is 0 Å². The van der Waals surface area contributed by atoms with Crippen molar-refractivity contribution in [3.8, 4) is 0 Å². The minimum atomic E-state index is -1.02. The highest BCUT2D eigenvalue weighted by Gasteiger charge is 2.20. The van der Waals surface area contributed by atoms with Crippen LogP contribution < -0.4 is 10.9 Å². The number of hydrogen-bond donors (Lipinski definition) is 2. The fraction of sp³-hybridized carbons (Fsp3) is 0.583. The van der Waals surface area contributed by atoms with Gasteiger partial charge < -0.3 is 10.4 Å². The van der Waals surface area contributed by atoms with Crippen LogP contribution in [0.15, 0.2) is 4.79 Å². The largest absolute Gasteiger partial charge is 0.389 e. The van der Waals surface area contributed by atoms with Crippen LogP contribution in [-0.4, -0.2) is 32.9 Å². The van der Waals surface area contributed by atoms with Crippen molar-refractivity contribution in [2.45, 2.75) is 33.3 Å². The Labute approximate surface area is 106 Å². The third-order valence-corrected chi connectivity index (χ3v) is 2.63. The molecule has 0 aliphatic heterocycles. The van der Waals surface area contributed by atoms with Gasteiger partial charge in [0, 0.05) is 13.6 Å². The minimum absolute atomic E-state index is 0.0780. The molecule has 1 heterocycles. The van der Waals surface area contributed by atoms with Crippen LogP contribution in [0, 0.1) is 13.8 Å². The van der Waals surface area contributed by atoms with Gasteiger partial charge in [0.15, 0.2) is 0 Å². The summed E-state index contributed by atoms with van der Waals surface area (Å²) < 4.78 is 1.14. The van der Waals surface area contributed by atoms with Gasteiger partial charge >= 0.3 is 0 Å². The number of nitrogens with zero attached hydrogens (tertiary/aromatic N) is 2. The lowest BCUT2D eigenvalue weighted by Gasteiger charge is -2.18. The van der Waals surface area contributed by atoms with Gasteiger partial charge in [-0.25, -0.2) is 4.68 Å². The maximum absolute atomic E-state index is 12.0. The number of carbonyl (C=O) groups excluding carboxylic acids is 1. The Balaban J connectivity index is 3.10. The number of amides is 1. The van der Waals surface area contributed by atoms with Crippen LogP contribution in [0.4, 0.5) is 0 Å². The molecule has 0 atom stereocenters. The highest BCUT2D eigenvalue weighted by Crippen LogP contribution is 2.06. The highest BCUT2D eigenvalue weighted by molar-refractivity contribution is 5.95. The molecule has 1 aromatic rings. The number of aryl methyl sites for hydroxylation is 2. The van der Waals surface area contributed by atoms with Crippen molar-refractivity contribution < 1.29 is 9.90 Å². The molecule has 0 spiro atoms. The zero-order chi connectivity index (χ0) is 14.1. The molecule has 0 radical (unpaired) electrons. The molecule has 1 rings (SSSR count). The zero-order valence-electron chi connectivity index (χ0n) is 11.4. The van der Waals surface area contributed by atoms with Gasteiger partial charge in [-0.15, -0.1) is 0 Å². The van der Waals surface area contributed by atoms with Gasteiger partial charge in [0.2, 0.25) is 0 Å². The SMILES string of the molecule is Cc1nn(C)c(=O)c(C(=O)NCC(C)(C)O)c1C. The summed E-state index contributed by atoms with van der Waals surface area (Å²) in [5, 5.41) is 16.1. The van der Waals surface area contributed by atoms with Crippen LogP contribution in [0.1, 0.15) is 35.5 Å². The molecule has 0 unspecified atom stereocenters. The van der Waals surface area contributed by atoms with Gasteiger partial charge in [0.1, 0.15) is 5.56 Å². The Hall–Kier alpha value is -1.69. The quantitative estimate of drug-likeness (QED) is 0.787. The average molecular weight is 253 g/mol. The molecule has 100 valence electrons. The van der Waals surface area contributed by atoms with E-state index in [9.17, 15) is 14.7 Å². The number of rotatable bonds is 3. The van der Waals surface area contributed by atoms with Gasteiger partial charge in [-0.05, 0) is 33.3 Å². The van der Waals surface area contributed by atoms with E-state index in [4.69, 9.17) is 0 Å². The smallest absolute Gasteiger partial charge is 0.279 e. The van der Waals surface area contributed by atoms with Crippen molar-refractivity contribution in [3.05, 3.63) is 27.2 Å². The number of hydrogen-bond acceptors (Lipinski definition) is 4.